The summed E-state index contributed by atoms with van der Waals surface area (Å²) in [6, 6.07) is 14.4. The Morgan fingerprint density at radius 3 is 2.55 bits per heavy atom. The minimum Gasteiger partial charge on any atom is -0.342 e. The summed E-state index contributed by atoms with van der Waals surface area (Å²) in [5, 5.41) is 1.62. The Balaban J connectivity index is 1.58. The third-order valence-electron chi connectivity index (χ3n) is 4.96. The minimum atomic E-state index is -3.08. The van der Waals surface area contributed by atoms with Crippen LogP contribution in [0.4, 0.5) is 0 Å². The lowest BCUT2D eigenvalue weighted by molar-refractivity contribution is -0.117. The molecular formula is C20H18Cl2N2O3S2. The Bertz CT molecular complexity index is 1070. The Labute approximate surface area is 184 Å². The highest BCUT2D eigenvalue weighted by atomic mass is 35.5. The van der Waals surface area contributed by atoms with Crippen molar-refractivity contribution in [1.29, 1.82) is 0 Å². The molecule has 0 spiro atoms. The van der Waals surface area contributed by atoms with Gasteiger partial charge in [-0.25, -0.2) is 8.42 Å². The molecule has 2 heterocycles. The summed E-state index contributed by atoms with van der Waals surface area (Å²) in [5.74, 6) is -0.114. The largest absolute Gasteiger partial charge is 0.342 e. The summed E-state index contributed by atoms with van der Waals surface area (Å²) in [5.41, 5.74) is 1.70. The Hall–Kier alpha value is -1.54. The monoisotopic (exact) mass is 468 g/mol. The first-order valence-corrected chi connectivity index (χ1v) is 12.5. The van der Waals surface area contributed by atoms with Crippen molar-refractivity contribution < 1.29 is 13.2 Å². The van der Waals surface area contributed by atoms with Crippen molar-refractivity contribution in [2.24, 2.45) is 4.99 Å². The number of benzene rings is 2. The molecule has 152 valence electrons. The van der Waals surface area contributed by atoms with E-state index in [2.05, 4.69) is 4.99 Å². The lowest BCUT2D eigenvalue weighted by Gasteiger charge is -2.24. The predicted molar refractivity (Wildman–Crippen MR) is 118 cm³/mol. The van der Waals surface area contributed by atoms with Gasteiger partial charge >= 0.3 is 0 Å². The summed E-state index contributed by atoms with van der Waals surface area (Å²) in [4.78, 5) is 18.9. The molecule has 4 rings (SSSR count). The average molecular weight is 469 g/mol. The van der Waals surface area contributed by atoms with E-state index in [4.69, 9.17) is 23.2 Å². The fraction of sp³-hybridized carbons (Fsp3) is 0.300. The normalized spacial score (nSPS) is 24.1. The van der Waals surface area contributed by atoms with Gasteiger partial charge in [0, 0.05) is 21.8 Å². The fourth-order valence-electron chi connectivity index (χ4n) is 3.56. The number of thioether (sulfide) groups is 1. The van der Waals surface area contributed by atoms with Crippen LogP contribution in [0.3, 0.4) is 0 Å². The van der Waals surface area contributed by atoms with Crippen LogP contribution < -0.4 is 0 Å². The molecule has 2 fully saturated rings. The lowest BCUT2D eigenvalue weighted by atomic mass is 10.1. The van der Waals surface area contributed by atoms with Crippen molar-refractivity contribution in [2.45, 2.75) is 24.3 Å². The number of sulfone groups is 1. The quantitative estimate of drug-likeness (QED) is 0.681. The third-order valence-corrected chi connectivity index (χ3v) is 8.83. The van der Waals surface area contributed by atoms with Gasteiger partial charge in [0.05, 0.1) is 24.0 Å². The smallest absolute Gasteiger partial charge is 0.252 e. The van der Waals surface area contributed by atoms with Gasteiger partial charge in [-0.15, -0.1) is 0 Å². The molecule has 1 amide bonds. The average Bonchev–Trinajstić information content (AvgIpc) is 3.11. The Kier molecular flexibility index (Phi) is 5.93. The first kappa shape index (κ1) is 20.7. The van der Waals surface area contributed by atoms with Gasteiger partial charge in [0.1, 0.15) is 0 Å². The van der Waals surface area contributed by atoms with E-state index in [0.29, 0.717) is 21.8 Å². The highest BCUT2D eigenvalue weighted by molar-refractivity contribution is 8.15. The first-order valence-electron chi connectivity index (χ1n) is 9.04. The van der Waals surface area contributed by atoms with Gasteiger partial charge in [0.2, 0.25) is 0 Å². The van der Waals surface area contributed by atoms with E-state index in [-0.39, 0.29) is 35.1 Å². The van der Waals surface area contributed by atoms with Crippen LogP contribution in [-0.2, 0) is 27.6 Å². The molecule has 0 saturated carbocycles. The van der Waals surface area contributed by atoms with Crippen LogP contribution in [0.5, 0.6) is 0 Å². The summed E-state index contributed by atoms with van der Waals surface area (Å²) in [6.45, 7) is 0.471. The van der Waals surface area contributed by atoms with Crippen LogP contribution in [0.25, 0.3) is 0 Å². The Morgan fingerprint density at radius 2 is 1.83 bits per heavy atom. The number of rotatable bonds is 4. The molecule has 2 saturated heterocycles. The molecular weight excluding hydrogens is 451 g/mol. The molecule has 0 aliphatic carbocycles. The molecule has 29 heavy (non-hydrogen) atoms. The van der Waals surface area contributed by atoms with E-state index in [0.717, 1.165) is 11.1 Å². The minimum absolute atomic E-state index is 0.0793. The lowest BCUT2D eigenvalue weighted by Crippen LogP contribution is -2.37. The molecule has 2 aromatic rings. The number of fused-ring (bicyclic) bond motifs is 1. The van der Waals surface area contributed by atoms with Crippen molar-refractivity contribution in [2.75, 3.05) is 11.5 Å². The van der Waals surface area contributed by atoms with E-state index in [9.17, 15) is 13.2 Å². The molecule has 2 aliphatic heterocycles. The standard InChI is InChI=1S/C20H18Cl2N2O3S2/c21-15-7-5-13(6-8-15)10-24-17-11-29(26,27)12-18(17)28-20(24)23-19(25)9-14-3-1-2-4-16(14)22/h1-8,17-18H,9-12H2/t17-,18+/m0/s1. The van der Waals surface area contributed by atoms with Crippen molar-refractivity contribution in [3.05, 3.63) is 69.7 Å². The number of amides is 1. The van der Waals surface area contributed by atoms with Crippen LogP contribution >= 0.6 is 35.0 Å². The fourth-order valence-corrected chi connectivity index (χ4v) is 7.85. The number of carbonyl (C=O) groups is 1. The predicted octanol–water partition coefficient (Wildman–Crippen LogP) is 3.83. The molecule has 5 nitrogen and oxygen atoms in total. The van der Waals surface area contributed by atoms with Crippen molar-refractivity contribution in [1.82, 2.24) is 4.90 Å². The molecule has 0 radical (unpaired) electrons. The zero-order valence-corrected chi connectivity index (χ0v) is 18.4. The van der Waals surface area contributed by atoms with E-state index < -0.39 is 9.84 Å². The van der Waals surface area contributed by atoms with Crippen LogP contribution in [-0.4, -0.2) is 47.2 Å². The summed E-state index contributed by atoms with van der Waals surface area (Å²) >= 11 is 13.5. The van der Waals surface area contributed by atoms with Crippen molar-refractivity contribution in [3.63, 3.8) is 0 Å². The third kappa shape index (κ3) is 4.79. The summed E-state index contributed by atoms with van der Waals surface area (Å²) in [6.07, 6.45) is 0.103. The summed E-state index contributed by atoms with van der Waals surface area (Å²) < 4.78 is 24.2. The molecule has 2 atom stereocenters. The number of hydrogen-bond acceptors (Lipinski definition) is 4. The van der Waals surface area contributed by atoms with E-state index in [1.54, 1.807) is 24.3 Å². The van der Waals surface area contributed by atoms with Crippen LogP contribution in [0.15, 0.2) is 53.5 Å². The van der Waals surface area contributed by atoms with E-state index in [1.807, 2.05) is 29.2 Å². The van der Waals surface area contributed by atoms with Gasteiger partial charge in [0.15, 0.2) is 15.0 Å². The number of halogens is 2. The van der Waals surface area contributed by atoms with Gasteiger partial charge in [-0.2, -0.15) is 4.99 Å². The molecule has 2 aromatic carbocycles. The van der Waals surface area contributed by atoms with Crippen LogP contribution in [0, 0.1) is 0 Å². The molecule has 9 heteroatoms. The van der Waals surface area contributed by atoms with Crippen LogP contribution in [0.1, 0.15) is 11.1 Å². The van der Waals surface area contributed by atoms with Gasteiger partial charge in [0.25, 0.3) is 5.91 Å². The van der Waals surface area contributed by atoms with Crippen molar-refractivity contribution in [3.8, 4) is 0 Å². The molecule has 2 aliphatic rings. The highest BCUT2D eigenvalue weighted by Gasteiger charge is 2.48. The highest BCUT2D eigenvalue weighted by Crippen LogP contribution is 2.39. The zero-order chi connectivity index (χ0) is 20.6. The topological polar surface area (TPSA) is 66.8 Å². The van der Waals surface area contributed by atoms with Gasteiger partial charge in [-0.1, -0.05) is 65.3 Å². The maximum Gasteiger partial charge on any atom is 0.252 e. The van der Waals surface area contributed by atoms with E-state index >= 15 is 0 Å². The second-order valence-electron chi connectivity index (χ2n) is 7.11. The van der Waals surface area contributed by atoms with E-state index in [1.165, 1.54) is 11.8 Å². The number of aliphatic imine (C=N–C) groups is 1. The molecule has 0 bridgehead atoms. The van der Waals surface area contributed by atoms with Gasteiger partial charge in [-0.05, 0) is 29.3 Å². The maximum absolute atomic E-state index is 12.6. The first-order chi connectivity index (χ1) is 13.8. The molecule has 0 aromatic heterocycles. The SMILES string of the molecule is O=C(Cc1ccccc1Cl)N=C1S[C@@H]2CS(=O)(=O)C[C@@H]2N1Cc1ccc(Cl)cc1. The number of hydrogen-bond donors (Lipinski definition) is 0. The molecule has 0 unspecified atom stereocenters. The Morgan fingerprint density at radius 1 is 1.10 bits per heavy atom. The maximum atomic E-state index is 12.6. The second kappa shape index (κ2) is 8.30. The van der Waals surface area contributed by atoms with Crippen LogP contribution in [0.2, 0.25) is 10.0 Å². The van der Waals surface area contributed by atoms with Gasteiger partial charge < -0.3 is 4.90 Å². The molecule has 0 N–H and O–H groups in total. The zero-order valence-electron chi connectivity index (χ0n) is 15.3. The van der Waals surface area contributed by atoms with Gasteiger partial charge in [-0.3, -0.25) is 4.79 Å². The number of nitrogens with zero attached hydrogens (tertiary/aromatic N) is 2. The summed E-state index contributed by atoms with van der Waals surface area (Å²) in [7, 11) is -3.08. The second-order valence-corrected chi connectivity index (χ2v) is 11.3. The van der Waals surface area contributed by atoms with Crippen molar-refractivity contribution >= 4 is 55.9 Å². The number of carbonyl (C=O) groups excluding carboxylic acids is 1. The number of amidine groups is 1.